The Morgan fingerprint density at radius 2 is 2.00 bits per heavy atom. The highest BCUT2D eigenvalue weighted by atomic mass is 16.3. The zero-order valence-electron chi connectivity index (χ0n) is 21.6. The van der Waals surface area contributed by atoms with Crippen LogP contribution in [0.5, 0.6) is 0 Å². The minimum Gasteiger partial charge on any atom is -0.388 e. The van der Waals surface area contributed by atoms with E-state index in [9.17, 15) is 5.11 Å². The topological polar surface area (TPSA) is 20.2 Å². The molecule has 0 aliphatic heterocycles. The van der Waals surface area contributed by atoms with Gasteiger partial charge in [-0.3, -0.25) is 0 Å². The Morgan fingerprint density at radius 3 is 2.72 bits per heavy atom. The molecular weight excluding hydrogens is 388 g/mol. The quantitative estimate of drug-likeness (QED) is 0.356. The summed E-state index contributed by atoms with van der Waals surface area (Å²) in [5.41, 5.74) is 6.30. The zero-order valence-corrected chi connectivity index (χ0v) is 21.6. The molecule has 3 fully saturated rings. The maximum absolute atomic E-state index is 10.2. The lowest BCUT2D eigenvalue weighted by Gasteiger charge is -2.44. The molecule has 0 aromatic carbocycles. The van der Waals surface area contributed by atoms with Gasteiger partial charge in [0.15, 0.2) is 0 Å². The van der Waals surface area contributed by atoms with Crippen molar-refractivity contribution in [3.8, 4) is 0 Å². The lowest BCUT2D eigenvalue weighted by Crippen LogP contribution is -2.36. The van der Waals surface area contributed by atoms with E-state index in [1.165, 1.54) is 76.2 Å². The van der Waals surface area contributed by atoms with Crippen LogP contribution in [0.15, 0.2) is 47.1 Å². The van der Waals surface area contributed by atoms with Crippen LogP contribution in [0.4, 0.5) is 0 Å². The Labute approximate surface area is 199 Å². The van der Waals surface area contributed by atoms with Crippen molar-refractivity contribution in [1.29, 1.82) is 0 Å². The molecule has 1 nitrogen and oxygen atoms in total. The summed E-state index contributed by atoms with van der Waals surface area (Å²) < 4.78 is 0. The van der Waals surface area contributed by atoms with Crippen molar-refractivity contribution in [1.82, 2.24) is 0 Å². The van der Waals surface area contributed by atoms with Gasteiger partial charge in [0, 0.05) is 0 Å². The summed E-state index contributed by atoms with van der Waals surface area (Å²) in [6, 6.07) is 0. The standard InChI is InChI=1S/C31H50O/c1-6-8-12-25(7-2)13-9-11-23(3)28-19-20-29-27(14-10-21-31(28,29)5)18-17-26-16-15-24(4)30(32)22-26/h13,17-18,23,28-30,32H,4,6-12,14-16,19-22H2,1-3,5H3/b25-13-,26-17-,27-18+/t23-,28?,29?,30+,31+/m0/s1. The smallest absolute Gasteiger partial charge is 0.0784 e. The predicted octanol–water partition coefficient (Wildman–Crippen LogP) is 9.10. The fourth-order valence-electron chi connectivity index (χ4n) is 7.15. The number of rotatable bonds is 9. The molecule has 3 saturated carbocycles. The average molecular weight is 439 g/mol. The van der Waals surface area contributed by atoms with Crippen molar-refractivity contribution in [2.75, 3.05) is 0 Å². The largest absolute Gasteiger partial charge is 0.388 e. The van der Waals surface area contributed by atoms with Crippen molar-refractivity contribution in [3.05, 3.63) is 47.1 Å². The van der Waals surface area contributed by atoms with Gasteiger partial charge in [0.25, 0.3) is 0 Å². The van der Waals surface area contributed by atoms with E-state index in [2.05, 4.69) is 52.5 Å². The van der Waals surface area contributed by atoms with E-state index in [1.54, 1.807) is 11.1 Å². The number of hydrogen-bond donors (Lipinski definition) is 1. The molecule has 3 rings (SSSR count). The van der Waals surface area contributed by atoms with E-state index in [-0.39, 0.29) is 6.10 Å². The highest BCUT2D eigenvalue weighted by Gasteiger charge is 2.50. The zero-order chi connectivity index (χ0) is 23.1. The van der Waals surface area contributed by atoms with Gasteiger partial charge in [-0.25, -0.2) is 0 Å². The van der Waals surface area contributed by atoms with Gasteiger partial charge < -0.3 is 5.11 Å². The first-order valence-corrected chi connectivity index (χ1v) is 13.8. The molecule has 1 N–H and O–H groups in total. The summed E-state index contributed by atoms with van der Waals surface area (Å²) in [5, 5.41) is 10.2. The van der Waals surface area contributed by atoms with Crippen molar-refractivity contribution in [2.45, 2.75) is 124 Å². The maximum atomic E-state index is 10.2. The molecule has 0 spiro atoms. The Morgan fingerprint density at radius 1 is 1.19 bits per heavy atom. The highest BCUT2D eigenvalue weighted by Crippen LogP contribution is 2.59. The molecule has 0 heterocycles. The van der Waals surface area contributed by atoms with Crippen LogP contribution in [-0.4, -0.2) is 11.2 Å². The van der Waals surface area contributed by atoms with Gasteiger partial charge in [-0.05, 0) is 112 Å². The minimum atomic E-state index is -0.328. The molecule has 3 aliphatic rings. The molecular formula is C31H50O. The minimum absolute atomic E-state index is 0.328. The van der Waals surface area contributed by atoms with Gasteiger partial charge in [-0.2, -0.15) is 0 Å². The van der Waals surface area contributed by atoms with Crippen LogP contribution in [0.3, 0.4) is 0 Å². The van der Waals surface area contributed by atoms with Crippen molar-refractivity contribution in [2.24, 2.45) is 23.2 Å². The summed E-state index contributed by atoms with van der Waals surface area (Å²) in [6.07, 6.45) is 24.5. The third-order valence-corrected chi connectivity index (χ3v) is 9.31. The Balaban J connectivity index is 1.62. The normalized spacial score (nSPS) is 34.8. The van der Waals surface area contributed by atoms with Crippen LogP contribution >= 0.6 is 0 Å². The van der Waals surface area contributed by atoms with E-state index in [0.29, 0.717) is 5.41 Å². The number of unbranched alkanes of at least 4 members (excludes halogenated alkanes) is 1. The summed E-state index contributed by atoms with van der Waals surface area (Å²) in [4.78, 5) is 0. The van der Waals surface area contributed by atoms with Crippen LogP contribution in [0.2, 0.25) is 0 Å². The molecule has 32 heavy (non-hydrogen) atoms. The van der Waals surface area contributed by atoms with Gasteiger partial charge in [-0.15, -0.1) is 0 Å². The number of fused-ring (bicyclic) bond motifs is 1. The van der Waals surface area contributed by atoms with E-state index >= 15 is 0 Å². The van der Waals surface area contributed by atoms with Crippen LogP contribution in [0.1, 0.15) is 118 Å². The molecule has 0 radical (unpaired) electrons. The average Bonchev–Trinajstić information content (AvgIpc) is 3.14. The SMILES string of the molecule is C=C1CC/C(=C/C=C2\CCC[C@@]3(C)C2CCC3[C@@H](C)CC/C=C(/CC)CCCC)C[C@H]1O. The predicted molar refractivity (Wildman–Crippen MR) is 140 cm³/mol. The van der Waals surface area contributed by atoms with Gasteiger partial charge in [0.2, 0.25) is 0 Å². The Hall–Kier alpha value is -1.08. The van der Waals surface area contributed by atoms with E-state index in [4.69, 9.17) is 0 Å². The van der Waals surface area contributed by atoms with E-state index in [0.717, 1.165) is 42.6 Å². The Bertz CT molecular complexity index is 723. The molecule has 2 unspecified atom stereocenters. The summed E-state index contributed by atoms with van der Waals surface area (Å²) >= 11 is 0. The van der Waals surface area contributed by atoms with Gasteiger partial charge >= 0.3 is 0 Å². The monoisotopic (exact) mass is 438 g/mol. The van der Waals surface area contributed by atoms with Crippen LogP contribution in [0, 0.1) is 23.2 Å². The third-order valence-electron chi connectivity index (χ3n) is 9.31. The molecule has 0 aromatic rings. The lowest BCUT2D eigenvalue weighted by atomic mass is 9.60. The first kappa shape index (κ1) is 25.5. The van der Waals surface area contributed by atoms with Crippen molar-refractivity contribution in [3.63, 3.8) is 0 Å². The lowest BCUT2D eigenvalue weighted by molar-refractivity contribution is 0.0946. The first-order valence-electron chi connectivity index (χ1n) is 13.8. The van der Waals surface area contributed by atoms with Crippen molar-refractivity contribution < 1.29 is 5.11 Å². The van der Waals surface area contributed by atoms with Crippen LogP contribution < -0.4 is 0 Å². The molecule has 180 valence electrons. The van der Waals surface area contributed by atoms with E-state index < -0.39 is 0 Å². The highest BCUT2D eigenvalue weighted by molar-refractivity contribution is 5.28. The van der Waals surface area contributed by atoms with Crippen molar-refractivity contribution >= 4 is 0 Å². The summed E-state index contributed by atoms with van der Waals surface area (Å²) in [6.45, 7) is 13.8. The second-order valence-electron chi connectivity index (χ2n) is 11.4. The van der Waals surface area contributed by atoms with Gasteiger partial charge in [-0.1, -0.05) is 75.6 Å². The molecule has 0 aromatic heterocycles. The van der Waals surface area contributed by atoms with Gasteiger partial charge in [0.05, 0.1) is 6.10 Å². The molecule has 1 heteroatoms. The summed E-state index contributed by atoms with van der Waals surface area (Å²) in [5.74, 6) is 2.47. The molecule has 0 amide bonds. The molecule has 0 bridgehead atoms. The second-order valence-corrected chi connectivity index (χ2v) is 11.4. The summed E-state index contributed by atoms with van der Waals surface area (Å²) in [7, 11) is 0. The fraction of sp³-hybridized carbons (Fsp3) is 0.742. The van der Waals surface area contributed by atoms with Crippen LogP contribution in [-0.2, 0) is 0 Å². The Kier molecular flexibility index (Phi) is 9.47. The maximum Gasteiger partial charge on any atom is 0.0784 e. The molecule has 5 atom stereocenters. The fourth-order valence-corrected chi connectivity index (χ4v) is 7.15. The molecule has 3 aliphatic carbocycles. The number of hydrogen-bond acceptors (Lipinski definition) is 1. The number of allylic oxidation sites excluding steroid dienone is 5. The van der Waals surface area contributed by atoms with E-state index in [1.807, 2.05) is 0 Å². The number of aliphatic hydroxyl groups is 1. The molecule has 0 saturated heterocycles. The number of aliphatic hydroxyl groups excluding tert-OH is 1. The third kappa shape index (κ3) is 6.07. The second kappa shape index (κ2) is 11.9. The van der Waals surface area contributed by atoms with Gasteiger partial charge in [0.1, 0.15) is 0 Å². The van der Waals surface area contributed by atoms with Crippen LogP contribution in [0.25, 0.3) is 0 Å². The first-order chi connectivity index (χ1) is 15.4.